The van der Waals surface area contributed by atoms with Gasteiger partial charge in [-0.3, -0.25) is 0 Å². The summed E-state index contributed by atoms with van der Waals surface area (Å²) in [5.41, 5.74) is 4.36. The van der Waals surface area contributed by atoms with Crippen LogP contribution in [0, 0.1) is 20.8 Å². The molecule has 0 aliphatic heterocycles. The van der Waals surface area contributed by atoms with Gasteiger partial charge in [0.1, 0.15) is 0 Å². The lowest BCUT2D eigenvalue weighted by Crippen LogP contribution is -2.05. The fourth-order valence-corrected chi connectivity index (χ4v) is 1.98. The number of hydrogen-bond acceptors (Lipinski definition) is 4. The number of oxime groups is 1. The van der Waals surface area contributed by atoms with E-state index in [1.807, 2.05) is 32.9 Å². The molecule has 18 heavy (non-hydrogen) atoms. The first kappa shape index (κ1) is 12.3. The molecule has 0 aromatic carbocycles. The van der Waals surface area contributed by atoms with E-state index in [-0.39, 0.29) is 0 Å². The monoisotopic (exact) mass is 244 g/mol. The van der Waals surface area contributed by atoms with Crippen molar-refractivity contribution in [1.29, 1.82) is 0 Å². The number of nitrogens with zero attached hydrogens (tertiary/aromatic N) is 4. The Balaban J connectivity index is 2.55. The van der Waals surface area contributed by atoms with Crippen LogP contribution in [-0.2, 0) is 0 Å². The normalized spacial score (nSPS) is 11.9. The Hall–Kier alpha value is -2.17. The van der Waals surface area contributed by atoms with Crippen LogP contribution in [0.2, 0.25) is 0 Å². The Labute approximate surface area is 106 Å². The molecule has 0 amide bonds. The molecule has 5 nitrogen and oxygen atoms in total. The van der Waals surface area contributed by atoms with Crippen molar-refractivity contribution in [2.75, 3.05) is 0 Å². The van der Waals surface area contributed by atoms with E-state index < -0.39 is 0 Å². The third-order valence-electron chi connectivity index (χ3n) is 2.85. The van der Waals surface area contributed by atoms with Crippen LogP contribution in [0.1, 0.15) is 29.4 Å². The highest BCUT2D eigenvalue weighted by molar-refractivity contribution is 5.99. The highest BCUT2D eigenvalue weighted by atomic mass is 16.4. The molecule has 2 aromatic rings. The van der Waals surface area contributed by atoms with Crippen molar-refractivity contribution in [2.45, 2.75) is 27.7 Å². The molecule has 0 bridgehead atoms. The molecule has 2 aromatic heterocycles. The van der Waals surface area contributed by atoms with Gasteiger partial charge >= 0.3 is 0 Å². The average molecular weight is 244 g/mol. The fourth-order valence-electron chi connectivity index (χ4n) is 1.98. The van der Waals surface area contributed by atoms with Crippen molar-refractivity contribution in [2.24, 2.45) is 5.16 Å². The number of aromatic nitrogens is 3. The molecule has 0 atom stereocenters. The van der Waals surface area contributed by atoms with Crippen molar-refractivity contribution >= 4 is 5.71 Å². The summed E-state index contributed by atoms with van der Waals surface area (Å²) in [7, 11) is 0. The topological polar surface area (TPSA) is 63.3 Å². The Kier molecular flexibility index (Phi) is 3.14. The molecular formula is C13H16N4O. The van der Waals surface area contributed by atoms with Crippen LogP contribution in [0.4, 0.5) is 0 Å². The van der Waals surface area contributed by atoms with Crippen LogP contribution in [0.5, 0.6) is 0 Å². The van der Waals surface area contributed by atoms with E-state index in [1.165, 1.54) is 0 Å². The minimum atomic E-state index is 0.545. The van der Waals surface area contributed by atoms with Gasteiger partial charge in [0.05, 0.1) is 17.6 Å². The zero-order valence-electron chi connectivity index (χ0n) is 11.0. The molecule has 1 N–H and O–H groups in total. The molecule has 0 aliphatic rings. The molecule has 0 saturated heterocycles. The van der Waals surface area contributed by atoms with Gasteiger partial charge in [0.2, 0.25) is 0 Å². The second-order valence-electron chi connectivity index (χ2n) is 4.38. The minimum Gasteiger partial charge on any atom is -0.411 e. The van der Waals surface area contributed by atoms with Gasteiger partial charge in [-0.05, 0) is 45.4 Å². The van der Waals surface area contributed by atoms with E-state index in [9.17, 15) is 0 Å². The van der Waals surface area contributed by atoms with Gasteiger partial charge in [-0.25, -0.2) is 9.67 Å². The van der Waals surface area contributed by atoms with Crippen molar-refractivity contribution in [3.63, 3.8) is 0 Å². The quantitative estimate of drug-likeness (QED) is 0.501. The predicted molar refractivity (Wildman–Crippen MR) is 69.6 cm³/mol. The van der Waals surface area contributed by atoms with Gasteiger partial charge in [0.25, 0.3) is 0 Å². The van der Waals surface area contributed by atoms with Crippen LogP contribution in [0.25, 0.3) is 5.82 Å². The highest BCUT2D eigenvalue weighted by Crippen LogP contribution is 2.15. The molecule has 0 unspecified atom stereocenters. The van der Waals surface area contributed by atoms with Crippen LogP contribution < -0.4 is 0 Å². The zero-order valence-corrected chi connectivity index (χ0v) is 11.0. The Morgan fingerprint density at radius 2 is 2.00 bits per heavy atom. The van der Waals surface area contributed by atoms with E-state index in [0.29, 0.717) is 5.71 Å². The van der Waals surface area contributed by atoms with Gasteiger partial charge in [-0.2, -0.15) is 5.10 Å². The summed E-state index contributed by atoms with van der Waals surface area (Å²) in [5.74, 6) is 0.780. The molecule has 94 valence electrons. The lowest BCUT2D eigenvalue weighted by atomic mass is 10.2. The van der Waals surface area contributed by atoms with Gasteiger partial charge in [0, 0.05) is 11.3 Å². The molecule has 0 spiro atoms. The molecule has 2 rings (SSSR count). The van der Waals surface area contributed by atoms with E-state index in [4.69, 9.17) is 5.21 Å². The van der Waals surface area contributed by atoms with Gasteiger partial charge in [-0.15, -0.1) is 0 Å². The predicted octanol–water partition coefficient (Wildman–Crippen LogP) is 2.39. The van der Waals surface area contributed by atoms with Gasteiger partial charge in [-0.1, -0.05) is 5.16 Å². The number of hydrogen-bond donors (Lipinski definition) is 1. The summed E-state index contributed by atoms with van der Waals surface area (Å²) in [6.45, 7) is 7.65. The van der Waals surface area contributed by atoms with Crippen molar-refractivity contribution in [3.05, 3.63) is 40.8 Å². The third kappa shape index (κ3) is 2.11. The Morgan fingerprint density at radius 1 is 1.28 bits per heavy atom. The number of aryl methyl sites for hydroxylation is 2. The first-order valence-electron chi connectivity index (χ1n) is 5.72. The second kappa shape index (κ2) is 4.60. The largest absolute Gasteiger partial charge is 0.411 e. The van der Waals surface area contributed by atoms with Crippen LogP contribution in [0.15, 0.2) is 23.5 Å². The summed E-state index contributed by atoms with van der Waals surface area (Å²) in [5, 5.41) is 16.3. The summed E-state index contributed by atoms with van der Waals surface area (Å²) in [6, 6.07) is 3.99. The number of rotatable bonds is 2. The summed E-state index contributed by atoms with van der Waals surface area (Å²) < 4.78 is 1.75. The number of pyridine rings is 1. The Morgan fingerprint density at radius 3 is 2.61 bits per heavy atom. The van der Waals surface area contributed by atoms with Crippen molar-refractivity contribution in [1.82, 2.24) is 14.8 Å². The Bertz CT molecular complexity index is 593. The maximum absolute atomic E-state index is 8.82. The first-order valence-corrected chi connectivity index (χ1v) is 5.72. The molecular weight excluding hydrogens is 228 g/mol. The van der Waals surface area contributed by atoms with Gasteiger partial charge in [0.15, 0.2) is 5.82 Å². The smallest absolute Gasteiger partial charge is 0.154 e. The maximum Gasteiger partial charge on any atom is 0.154 e. The van der Waals surface area contributed by atoms with E-state index in [2.05, 4.69) is 15.2 Å². The van der Waals surface area contributed by atoms with E-state index >= 15 is 0 Å². The average Bonchev–Trinajstić information content (AvgIpc) is 2.69. The SMILES string of the molecule is C/C(=N\O)c1cnn(-c2cc(C)cc(C)n2)c1C. The molecule has 0 fully saturated rings. The lowest BCUT2D eigenvalue weighted by Gasteiger charge is -2.06. The second-order valence-corrected chi connectivity index (χ2v) is 4.38. The molecule has 0 saturated carbocycles. The summed E-state index contributed by atoms with van der Waals surface area (Å²) >= 11 is 0. The standard InChI is InChI=1S/C13H16N4O/c1-8-5-9(2)15-13(6-8)17-11(4)12(7-14-17)10(3)16-18/h5-7,18H,1-4H3/b16-10+. The van der Waals surface area contributed by atoms with Crippen molar-refractivity contribution in [3.8, 4) is 5.82 Å². The summed E-state index contributed by atoms with van der Waals surface area (Å²) in [6.07, 6.45) is 1.68. The highest BCUT2D eigenvalue weighted by Gasteiger charge is 2.12. The lowest BCUT2D eigenvalue weighted by molar-refractivity contribution is 0.319. The van der Waals surface area contributed by atoms with E-state index in [0.717, 1.165) is 28.3 Å². The molecule has 0 aliphatic carbocycles. The van der Waals surface area contributed by atoms with Crippen molar-refractivity contribution < 1.29 is 5.21 Å². The summed E-state index contributed by atoms with van der Waals surface area (Å²) in [4.78, 5) is 4.46. The van der Waals surface area contributed by atoms with Crippen LogP contribution >= 0.6 is 0 Å². The molecule has 2 heterocycles. The first-order chi connectivity index (χ1) is 8.52. The maximum atomic E-state index is 8.82. The van der Waals surface area contributed by atoms with E-state index in [1.54, 1.807) is 17.8 Å². The van der Waals surface area contributed by atoms with Crippen LogP contribution in [-0.4, -0.2) is 25.7 Å². The molecule has 0 radical (unpaired) electrons. The van der Waals surface area contributed by atoms with Crippen LogP contribution in [0.3, 0.4) is 0 Å². The zero-order chi connectivity index (χ0) is 13.3. The van der Waals surface area contributed by atoms with Gasteiger partial charge < -0.3 is 5.21 Å². The fraction of sp³-hybridized carbons (Fsp3) is 0.308. The molecule has 5 heteroatoms. The third-order valence-corrected chi connectivity index (χ3v) is 2.85. The minimum absolute atomic E-state index is 0.545.